The zero-order valence-corrected chi connectivity index (χ0v) is 12.9. The number of nitrogens with one attached hydrogen (secondary N) is 1. The summed E-state index contributed by atoms with van der Waals surface area (Å²) in [6, 6.07) is 3.77. The third kappa shape index (κ3) is 3.49. The molecule has 6 nitrogen and oxygen atoms in total. The highest BCUT2D eigenvalue weighted by molar-refractivity contribution is 9.10. The summed E-state index contributed by atoms with van der Waals surface area (Å²) >= 11 is 9.52. The largest absolute Gasteiger partial charge is 0.476 e. The maximum absolute atomic E-state index is 10.7. The molecule has 0 radical (unpaired) electrons. The van der Waals surface area contributed by atoms with Crippen LogP contribution in [0, 0.1) is 6.92 Å². The van der Waals surface area contributed by atoms with Gasteiger partial charge in [0.2, 0.25) is 0 Å². The minimum absolute atomic E-state index is 0.0652. The zero-order valence-electron chi connectivity index (χ0n) is 10.6. The molecule has 0 aliphatic rings. The van der Waals surface area contributed by atoms with Gasteiger partial charge >= 0.3 is 5.97 Å². The molecular weight excluding hydrogens is 348 g/mol. The lowest BCUT2D eigenvalue weighted by atomic mass is 10.2. The molecule has 106 valence electrons. The molecule has 8 heteroatoms. The highest BCUT2D eigenvalue weighted by Gasteiger charge is 2.08. The molecule has 0 amide bonds. The van der Waals surface area contributed by atoms with Crippen molar-refractivity contribution in [1.82, 2.24) is 15.0 Å². The molecule has 2 aromatic rings. The van der Waals surface area contributed by atoms with Gasteiger partial charge in [0.15, 0.2) is 5.69 Å². The van der Waals surface area contributed by atoms with E-state index in [-0.39, 0.29) is 5.69 Å². The molecule has 2 rings (SSSR count). The van der Waals surface area contributed by atoms with Crippen LogP contribution in [-0.4, -0.2) is 32.6 Å². The van der Waals surface area contributed by atoms with Crippen molar-refractivity contribution in [3.05, 3.63) is 39.1 Å². The first kappa shape index (κ1) is 14.8. The Bertz CT molecular complexity index is 644. The van der Waals surface area contributed by atoms with Gasteiger partial charge < -0.3 is 10.4 Å². The maximum atomic E-state index is 10.7. The van der Waals surface area contributed by atoms with Crippen LogP contribution in [0.2, 0.25) is 5.02 Å². The first-order valence-electron chi connectivity index (χ1n) is 5.80. The lowest BCUT2D eigenvalue weighted by Crippen LogP contribution is -2.11. The Morgan fingerprint density at radius 2 is 2.30 bits per heavy atom. The van der Waals surface area contributed by atoms with Crippen LogP contribution >= 0.6 is 27.5 Å². The summed E-state index contributed by atoms with van der Waals surface area (Å²) < 4.78 is 2.39. The number of halogens is 2. The molecule has 1 aromatic carbocycles. The summed E-state index contributed by atoms with van der Waals surface area (Å²) in [6.45, 7) is 3.00. The first-order chi connectivity index (χ1) is 9.47. The molecule has 0 bridgehead atoms. The minimum atomic E-state index is -1.09. The van der Waals surface area contributed by atoms with Crippen molar-refractivity contribution in [3.8, 4) is 0 Å². The Kier molecular flexibility index (Phi) is 4.61. The van der Waals surface area contributed by atoms with Gasteiger partial charge in [-0.15, -0.1) is 5.10 Å². The summed E-state index contributed by atoms with van der Waals surface area (Å²) in [5.41, 5.74) is 1.80. The van der Waals surface area contributed by atoms with E-state index in [4.69, 9.17) is 16.7 Å². The van der Waals surface area contributed by atoms with Crippen molar-refractivity contribution in [3.63, 3.8) is 0 Å². The molecule has 0 fully saturated rings. The average Bonchev–Trinajstić information content (AvgIpc) is 2.84. The zero-order chi connectivity index (χ0) is 14.7. The van der Waals surface area contributed by atoms with Gasteiger partial charge in [-0.2, -0.15) is 0 Å². The first-order valence-corrected chi connectivity index (χ1v) is 6.97. The minimum Gasteiger partial charge on any atom is -0.476 e. The number of aromatic carboxylic acids is 1. The van der Waals surface area contributed by atoms with E-state index in [1.807, 2.05) is 19.1 Å². The van der Waals surface area contributed by atoms with Gasteiger partial charge in [-0.3, -0.25) is 0 Å². The fourth-order valence-electron chi connectivity index (χ4n) is 1.59. The number of rotatable bonds is 5. The van der Waals surface area contributed by atoms with E-state index in [9.17, 15) is 4.79 Å². The quantitative estimate of drug-likeness (QED) is 0.858. The molecule has 0 aliphatic heterocycles. The summed E-state index contributed by atoms with van der Waals surface area (Å²) in [6.07, 6.45) is 1.39. The molecule has 0 atom stereocenters. The third-order valence-corrected chi connectivity index (χ3v) is 3.73. The lowest BCUT2D eigenvalue weighted by Gasteiger charge is -2.10. The van der Waals surface area contributed by atoms with Gasteiger partial charge in [0, 0.05) is 21.7 Å². The Morgan fingerprint density at radius 1 is 1.55 bits per heavy atom. The number of carboxylic acid groups (broad SMARTS) is 1. The van der Waals surface area contributed by atoms with Gasteiger partial charge in [0.25, 0.3) is 0 Å². The standard InChI is InChI=1S/C12H12BrClN4O2/c1-7-4-8(13)10(5-9(7)14)15-2-3-18-6-11(12(19)20)16-17-18/h4-6,15H,2-3H2,1H3,(H,19,20). The second kappa shape index (κ2) is 6.23. The van der Waals surface area contributed by atoms with E-state index in [0.717, 1.165) is 15.7 Å². The molecule has 0 saturated heterocycles. The Morgan fingerprint density at radius 3 is 2.95 bits per heavy atom. The number of aromatic nitrogens is 3. The predicted octanol–water partition coefficient (Wildman–Crippen LogP) is 2.81. The van der Waals surface area contributed by atoms with Gasteiger partial charge in [0.1, 0.15) is 0 Å². The molecule has 0 saturated carbocycles. The second-order valence-corrected chi connectivity index (χ2v) is 5.44. The van der Waals surface area contributed by atoms with Gasteiger partial charge in [-0.05, 0) is 40.5 Å². The normalized spacial score (nSPS) is 10.6. The van der Waals surface area contributed by atoms with Crippen molar-refractivity contribution >= 4 is 39.2 Å². The van der Waals surface area contributed by atoms with Crippen LogP contribution in [-0.2, 0) is 6.54 Å². The topological polar surface area (TPSA) is 80.0 Å². The number of aryl methyl sites for hydroxylation is 1. The number of hydrogen-bond donors (Lipinski definition) is 2. The Balaban J connectivity index is 1.95. The molecule has 2 N–H and O–H groups in total. The predicted molar refractivity (Wildman–Crippen MR) is 79.4 cm³/mol. The van der Waals surface area contributed by atoms with E-state index in [1.54, 1.807) is 0 Å². The lowest BCUT2D eigenvalue weighted by molar-refractivity contribution is 0.0690. The van der Waals surface area contributed by atoms with Crippen LogP contribution in [0.4, 0.5) is 5.69 Å². The van der Waals surface area contributed by atoms with Crippen LogP contribution < -0.4 is 5.32 Å². The molecule has 0 spiro atoms. The van der Waals surface area contributed by atoms with Crippen LogP contribution in [0.15, 0.2) is 22.8 Å². The summed E-state index contributed by atoms with van der Waals surface area (Å²) in [4.78, 5) is 10.7. The van der Waals surface area contributed by atoms with Gasteiger partial charge in [0.05, 0.1) is 12.7 Å². The summed E-state index contributed by atoms with van der Waals surface area (Å²) in [7, 11) is 0. The van der Waals surface area contributed by atoms with Crippen molar-refractivity contribution < 1.29 is 9.90 Å². The van der Waals surface area contributed by atoms with E-state index in [2.05, 4.69) is 31.6 Å². The third-order valence-electron chi connectivity index (χ3n) is 2.66. The Labute approximate surface area is 128 Å². The summed E-state index contributed by atoms with van der Waals surface area (Å²) in [5, 5.41) is 19.9. The molecule has 1 aromatic heterocycles. The number of anilines is 1. The van der Waals surface area contributed by atoms with Crippen molar-refractivity contribution in [1.29, 1.82) is 0 Å². The van der Waals surface area contributed by atoms with Crippen molar-refractivity contribution in [2.75, 3.05) is 11.9 Å². The van der Waals surface area contributed by atoms with Crippen molar-refractivity contribution in [2.24, 2.45) is 0 Å². The molecular formula is C12H12BrClN4O2. The van der Waals surface area contributed by atoms with E-state index in [1.165, 1.54) is 10.9 Å². The fraction of sp³-hybridized carbons (Fsp3) is 0.250. The summed E-state index contributed by atoms with van der Waals surface area (Å²) in [5.74, 6) is -1.09. The SMILES string of the molecule is Cc1cc(Br)c(NCCn2cc(C(=O)O)nn2)cc1Cl. The molecule has 0 aliphatic carbocycles. The average molecular weight is 360 g/mol. The number of carbonyl (C=O) groups is 1. The number of hydrogen-bond acceptors (Lipinski definition) is 4. The van der Waals surface area contributed by atoms with Crippen LogP contribution in [0.5, 0.6) is 0 Å². The molecule has 20 heavy (non-hydrogen) atoms. The smallest absolute Gasteiger partial charge is 0.358 e. The number of nitrogens with zero attached hydrogens (tertiary/aromatic N) is 3. The van der Waals surface area contributed by atoms with Crippen LogP contribution in [0.1, 0.15) is 16.1 Å². The number of benzene rings is 1. The molecule has 1 heterocycles. The number of carboxylic acids is 1. The van der Waals surface area contributed by atoms with Crippen molar-refractivity contribution in [2.45, 2.75) is 13.5 Å². The van der Waals surface area contributed by atoms with E-state index in [0.29, 0.717) is 18.1 Å². The van der Waals surface area contributed by atoms with Gasteiger partial charge in [-0.25, -0.2) is 9.48 Å². The second-order valence-electron chi connectivity index (χ2n) is 4.18. The van der Waals surface area contributed by atoms with E-state index >= 15 is 0 Å². The monoisotopic (exact) mass is 358 g/mol. The highest BCUT2D eigenvalue weighted by atomic mass is 79.9. The van der Waals surface area contributed by atoms with Crippen LogP contribution in [0.25, 0.3) is 0 Å². The molecule has 0 unspecified atom stereocenters. The highest BCUT2D eigenvalue weighted by Crippen LogP contribution is 2.28. The van der Waals surface area contributed by atoms with Gasteiger partial charge in [-0.1, -0.05) is 16.8 Å². The van der Waals surface area contributed by atoms with E-state index < -0.39 is 5.97 Å². The Hall–Kier alpha value is -1.60. The van der Waals surface area contributed by atoms with Crippen LogP contribution in [0.3, 0.4) is 0 Å². The maximum Gasteiger partial charge on any atom is 0.358 e. The fourth-order valence-corrected chi connectivity index (χ4v) is 2.35.